The monoisotopic (exact) mass is 268 g/mol. The molecule has 0 amide bonds. The molecule has 0 heterocycles. The number of carbonyl (C=O) groups excluding carboxylic acids is 1. The maximum absolute atomic E-state index is 12.9. The molecule has 1 aromatic carbocycles. The van der Waals surface area contributed by atoms with E-state index in [9.17, 15) is 18.0 Å². The predicted octanol–water partition coefficient (Wildman–Crippen LogP) is 3.00. The fourth-order valence-electron chi connectivity index (χ4n) is 0.821. The Morgan fingerprint density at radius 3 is 2.57 bits per heavy atom. The van der Waals surface area contributed by atoms with Crippen LogP contribution in [-0.2, 0) is 0 Å². The SMILES string of the molecule is O=Cc1cc(Br)c(OC(F)F)cc1F. The number of benzene rings is 1. The molecule has 0 aliphatic carbocycles. The molecule has 0 spiro atoms. The van der Waals surface area contributed by atoms with E-state index >= 15 is 0 Å². The van der Waals surface area contributed by atoms with Crippen LogP contribution in [0, 0.1) is 5.82 Å². The topological polar surface area (TPSA) is 26.3 Å². The van der Waals surface area contributed by atoms with Gasteiger partial charge in [0.25, 0.3) is 0 Å². The molecule has 6 heteroatoms. The standard InChI is InChI=1S/C8H4BrF3O2/c9-5-1-4(3-13)6(10)2-7(5)14-8(11)12/h1-3,8H. The largest absolute Gasteiger partial charge is 0.434 e. The normalized spacial score (nSPS) is 10.4. The lowest BCUT2D eigenvalue weighted by Gasteiger charge is -2.07. The fraction of sp³-hybridized carbons (Fsp3) is 0.125. The summed E-state index contributed by atoms with van der Waals surface area (Å²) in [7, 11) is 0. The van der Waals surface area contributed by atoms with E-state index in [0.717, 1.165) is 12.1 Å². The summed E-state index contributed by atoms with van der Waals surface area (Å²) in [6.45, 7) is -3.03. The van der Waals surface area contributed by atoms with Gasteiger partial charge in [-0.05, 0) is 22.0 Å². The van der Waals surface area contributed by atoms with Gasteiger partial charge in [0, 0.05) is 6.07 Å². The number of aldehydes is 1. The zero-order valence-corrected chi connectivity index (χ0v) is 8.22. The van der Waals surface area contributed by atoms with Crippen LogP contribution in [0.15, 0.2) is 16.6 Å². The Morgan fingerprint density at radius 1 is 1.43 bits per heavy atom. The van der Waals surface area contributed by atoms with Gasteiger partial charge in [-0.1, -0.05) is 0 Å². The van der Waals surface area contributed by atoms with Crippen LogP contribution >= 0.6 is 15.9 Å². The Balaban J connectivity index is 3.08. The zero-order valence-electron chi connectivity index (χ0n) is 6.64. The lowest BCUT2D eigenvalue weighted by Crippen LogP contribution is -2.03. The average molecular weight is 269 g/mol. The van der Waals surface area contributed by atoms with Crippen LogP contribution in [0.4, 0.5) is 13.2 Å². The van der Waals surface area contributed by atoms with Crippen molar-refractivity contribution in [1.82, 2.24) is 0 Å². The van der Waals surface area contributed by atoms with Crippen molar-refractivity contribution < 1.29 is 22.7 Å². The Kier molecular flexibility index (Phi) is 3.51. The summed E-state index contributed by atoms with van der Waals surface area (Å²) in [5, 5.41) is 0. The Bertz CT molecular complexity index is 355. The first-order valence-corrected chi connectivity index (χ1v) is 4.23. The van der Waals surface area contributed by atoms with Gasteiger partial charge in [0.05, 0.1) is 10.0 Å². The van der Waals surface area contributed by atoms with Crippen molar-refractivity contribution in [3.8, 4) is 5.75 Å². The summed E-state index contributed by atoms with van der Waals surface area (Å²) in [5.74, 6) is -1.25. The average Bonchev–Trinajstić information content (AvgIpc) is 2.10. The highest BCUT2D eigenvalue weighted by Gasteiger charge is 2.12. The molecule has 0 bridgehead atoms. The highest BCUT2D eigenvalue weighted by Crippen LogP contribution is 2.28. The number of alkyl halides is 2. The summed E-state index contributed by atoms with van der Waals surface area (Å²) in [4.78, 5) is 10.3. The Morgan fingerprint density at radius 2 is 2.07 bits per heavy atom. The van der Waals surface area contributed by atoms with Crippen LogP contribution < -0.4 is 4.74 Å². The second-order valence-corrected chi connectivity index (χ2v) is 3.15. The van der Waals surface area contributed by atoms with Crippen LogP contribution in [0.1, 0.15) is 10.4 Å². The van der Waals surface area contributed by atoms with E-state index in [2.05, 4.69) is 20.7 Å². The van der Waals surface area contributed by atoms with Crippen molar-refractivity contribution in [3.63, 3.8) is 0 Å². The molecule has 0 radical (unpaired) electrons. The summed E-state index contributed by atoms with van der Waals surface area (Å²) < 4.78 is 40.6. The van der Waals surface area contributed by atoms with E-state index in [1.54, 1.807) is 0 Å². The molecule has 0 aliphatic rings. The molecule has 76 valence electrons. The van der Waals surface area contributed by atoms with Crippen LogP contribution in [0.5, 0.6) is 5.75 Å². The molecule has 0 N–H and O–H groups in total. The van der Waals surface area contributed by atoms with Crippen LogP contribution in [0.3, 0.4) is 0 Å². The second kappa shape index (κ2) is 4.45. The van der Waals surface area contributed by atoms with E-state index < -0.39 is 12.4 Å². The van der Waals surface area contributed by atoms with E-state index in [-0.39, 0.29) is 22.1 Å². The number of carbonyl (C=O) groups is 1. The highest BCUT2D eigenvalue weighted by atomic mass is 79.9. The first-order valence-electron chi connectivity index (χ1n) is 3.43. The van der Waals surface area contributed by atoms with Crippen LogP contribution in [0.25, 0.3) is 0 Å². The third-order valence-electron chi connectivity index (χ3n) is 1.39. The first kappa shape index (κ1) is 11.0. The molecule has 0 saturated carbocycles. The van der Waals surface area contributed by atoms with Crippen molar-refractivity contribution in [2.75, 3.05) is 0 Å². The third-order valence-corrected chi connectivity index (χ3v) is 2.01. The number of halogens is 4. The van der Waals surface area contributed by atoms with Gasteiger partial charge in [0.2, 0.25) is 0 Å². The summed E-state index contributed by atoms with van der Waals surface area (Å²) in [6.07, 6.45) is 0.284. The fourth-order valence-corrected chi connectivity index (χ4v) is 1.28. The van der Waals surface area contributed by atoms with Gasteiger partial charge in [-0.25, -0.2) is 4.39 Å². The summed E-state index contributed by atoms with van der Waals surface area (Å²) in [5.41, 5.74) is -0.224. The number of rotatable bonds is 3. The van der Waals surface area contributed by atoms with Gasteiger partial charge < -0.3 is 4.74 Å². The highest BCUT2D eigenvalue weighted by molar-refractivity contribution is 9.10. The second-order valence-electron chi connectivity index (χ2n) is 2.30. The van der Waals surface area contributed by atoms with Crippen LogP contribution in [-0.4, -0.2) is 12.9 Å². The van der Waals surface area contributed by atoms with Crippen molar-refractivity contribution in [2.45, 2.75) is 6.61 Å². The smallest absolute Gasteiger partial charge is 0.387 e. The molecule has 0 unspecified atom stereocenters. The van der Waals surface area contributed by atoms with Crippen molar-refractivity contribution in [1.29, 1.82) is 0 Å². The minimum atomic E-state index is -3.03. The quantitative estimate of drug-likeness (QED) is 0.788. The minimum Gasteiger partial charge on any atom is -0.434 e. The van der Waals surface area contributed by atoms with E-state index in [1.165, 1.54) is 0 Å². The maximum atomic E-state index is 12.9. The maximum Gasteiger partial charge on any atom is 0.387 e. The number of hydrogen-bond donors (Lipinski definition) is 0. The van der Waals surface area contributed by atoms with Crippen molar-refractivity contribution in [3.05, 3.63) is 28.0 Å². The van der Waals surface area contributed by atoms with Gasteiger partial charge in [-0.2, -0.15) is 8.78 Å². The Hall–Kier alpha value is -1.04. The van der Waals surface area contributed by atoms with Gasteiger partial charge in [0.1, 0.15) is 11.6 Å². The van der Waals surface area contributed by atoms with Gasteiger partial charge >= 0.3 is 6.61 Å². The summed E-state index contributed by atoms with van der Waals surface area (Å²) >= 11 is 2.87. The van der Waals surface area contributed by atoms with Gasteiger partial charge in [0.15, 0.2) is 6.29 Å². The van der Waals surface area contributed by atoms with Crippen LogP contribution in [0.2, 0.25) is 0 Å². The van der Waals surface area contributed by atoms with Crippen molar-refractivity contribution in [2.24, 2.45) is 0 Å². The molecular formula is C8H4BrF3O2. The number of ether oxygens (including phenoxy) is 1. The Labute approximate surface area is 85.8 Å². The van der Waals surface area contributed by atoms with Gasteiger partial charge in [-0.15, -0.1) is 0 Å². The molecule has 14 heavy (non-hydrogen) atoms. The molecule has 0 aromatic heterocycles. The molecule has 1 rings (SSSR count). The first-order chi connectivity index (χ1) is 6.54. The molecule has 0 fully saturated rings. The van der Waals surface area contributed by atoms with E-state index in [1.807, 2.05) is 0 Å². The molecule has 0 aliphatic heterocycles. The van der Waals surface area contributed by atoms with Crippen molar-refractivity contribution >= 4 is 22.2 Å². The van der Waals surface area contributed by atoms with E-state index in [4.69, 9.17) is 0 Å². The third kappa shape index (κ3) is 2.47. The lowest BCUT2D eigenvalue weighted by molar-refractivity contribution is -0.0505. The van der Waals surface area contributed by atoms with Gasteiger partial charge in [-0.3, -0.25) is 4.79 Å². The molecule has 0 atom stereocenters. The van der Waals surface area contributed by atoms with E-state index in [0.29, 0.717) is 0 Å². The molecular weight excluding hydrogens is 265 g/mol. The molecule has 2 nitrogen and oxygen atoms in total. The zero-order chi connectivity index (χ0) is 10.7. The molecule has 0 saturated heterocycles. The summed E-state index contributed by atoms with van der Waals surface area (Å²) in [6, 6.07) is 1.79. The lowest BCUT2D eigenvalue weighted by atomic mass is 10.2. The number of hydrogen-bond acceptors (Lipinski definition) is 2. The molecule has 1 aromatic rings. The predicted molar refractivity (Wildman–Crippen MR) is 46.1 cm³/mol. The minimum absolute atomic E-state index is 0.0984.